The van der Waals surface area contributed by atoms with E-state index >= 15 is 0 Å². The molecule has 0 spiro atoms. The van der Waals surface area contributed by atoms with Crippen molar-refractivity contribution in [2.24, 2.45) is 5.92 Å². The highest BCUT2D eigenvalue weighted by atomic mass is 16.3. The van der Waals surface area contributed by atoms with Gasteiger partial charge in [0, 0.05) is 12.8 Å². The zero-order chi connectivity index (χ0) is 18.8. The summed E-state index contributed by atoms with van der Waals surface area (Å²) >= 11 is 0. The molecule has 0 aromatic heterocycles. The van der Waals surface area contributed by atoms with Crippen molar-refractivity contribution in [3.8, 4) is 0 Å². The first-order chi connectivity index (χ1) is 13.0. The maximum Gasteiger partial charge on any atom is 0.326 e. The standard InChI is InChI=1S/C21H19BNO4/c24-18-16-3-1-2-4-17(16)19(25)23(18)20(11-21(26,12-20)14-5-6-14)13-7-9-15(22-27)10-8-13/h1-4,7-10,14,26-27H,5-6,11-12H2. The van der Waals surface area contributed by atoms with Gasteiger partial charge in [-0.05, 0) is 36.5 Å². The quantitative estimate of drug-likeness (QED) is 0.638. The number of rotatable bonds is 4. The van der Waals surface area contributed by atoms with Crippen molar-refractivity contribution in [2.75, 3.05) is 0 Å². The van der Waals surface area contributed by atoms with Crippen LogP contribution in [0.2, 0.25) is 0 Å². The average Bonchev–Trinajstić information content (AvgIpc) is 3.48. The minimum atomic E-state index is -0.849. The van der Waals surface area contributed by atoms with Gasteiger partial charge in [0.25, 0.3) is 11.8 Å². The Morgan fingerprint density at radius 2 is 1.48 bits per heavy atom. The Morgan fingerprint density at radius 1 is 0.926 bits per heavy atom. The summed E-state index contributed by atoms with van der Waals surface area (Å²) in [5, 5.41) is 20.2. The second-order valence-corrected chi connectivity index (χ2v) is 8.01. The molecular formula is C21H19BNO4. The maximum atomic E-state index is 13.1. The van der Waals surface area contributed by atoms with Gasteiger partial charge < -0.3 is 10.1 Å². The summed E-state index contributed by atoms with van der Waals surface area (Å²) in [7, 11) is 1.01. The van der Waals surface area contributed by atoms with Crippen LogP contribution in [-0.2, 0) is 5.54 Å². The molecule has 0 atom stereocenters. The molecule has 27 heavy (non-hydrogen) atoms. The summed E-state index contributed by atoms with van der Waals surface area (Å²) in [6.07, 6.45) is 2.71. The lowest BCUT2D eigenvalue weighted by Crippen LogP contribution is -2.65. The third-order valence-corrected chi connectivity index (χ3v) is 6.35. The second-order valence-electron chi connectivity index (χ2n) is 8.01. The second kappa shape index (κ2) is 5.53. The molecule has 0 bridgehead atoms. The number of benzene rings is 2. The predicted octanol–water partition coefficient (Wildman–Crippen LogP) is 1.35. The number of nitrogens with zero attached hydrogens (tertiary/aromatic N) is 1. The maximum absolute atomic E-state index is 13.1. The van der Waals surface area contributed by atoms with E-state index in [0.29, 0.717) is 29.4 Å². The monoisotopic (exact) mass is 360 g/mol. The largest absolute Gasteiger partial charge is 0.450 e. The third-order valence-electron chi connectivity index (χ3n) is 6.35. The molecule has 2 aromatic rings. The van der Waals surface area contributed by atoms with Crippen molar-refractivity contribution < 1.29 is 19.7 Å². The molecule has 2 amide bonds. The van der Waals surface area contributed by atoms with Crippen molar-refractivity contribution >= 4 is 24.8 Å². The molecule has 2 aromatic carbocycles. The van der Waals surface area contributed by atoms with Crippen molar-refractivity contribution in [3.05, 3.63) is 65.2 Å². The van der Waals surface area contributed by atoms with E-state index in [-0.39, 0.29) is 17.7 Å². The molecule has 0 saturated heterocycles. The molecular weight excluding hydrogens is 341 g/mol. The molecule has 2 saturated carbocycles. The fourth-order valence-electron chi connectivity index (χ4n) is 4.82. The van der Waals surface area contributed by atoms with Crippen molar-refractivity contribution in [1.82, 2.24) is 4.90 Å². The first kappa shape index (κ1) is 16.7. The van der Waals surface area contributed by atoms with Gasteiger partial charge in [-0.25, -0.2) is 0 Å². The fraction of sp³-hybridized carbons (Fsp3) is 0.333. The van der Waals surface area contributed by atoms with E-state index in [1.165, 1.54) is 4.90 Å². The minimum absolute atomic E-state index is 0.255. The Labute approximate surface area is 157 Å². The van der Waals surface area contributed by atoms with Gasteiger partial charge in [-0.1, -0.05) is 41.9 Å². The molecule has 0 unspecified atom stereocenters. The number of aliphatic hydroxyl groups is 1. The molecule has 5 rings (SSSR count). The van der Waals surface area contributed by atoms with E-state index in [1.807, 2.05) is 12.1 Å². The summed E-state index contributed by atoms with van der Waals surface area (Å²) in [6, 6.07) is 14.0. The molecule has 5 nitrogen and oxygen atoms in total. The van der Waals surface area contributed by atoms with Crippen LogP contribution < -0.4 is 5.46 Å². The normalized spacial score (nSPS) is 29.5. The van der Waals surface area contributed by atoms with Crippen LogP contribution in [0.4, 0.5) is 0 Å². The van der Waals surface area contributed by atoms with E-state index in [9.17, 15) is 19.7 Å². The first-order valence-corrected chi connectivity index (χ1v) is 9.27. The zero-order valence-corrected chi connectivity index (χ0v) is 14.8. The fourth-order valence-corrected chi connectivity index (χ4v) is 4.82. The summed E-state index contributed by atoms with van der Waals surface area (Å²) in [4.78, 5) is 27.6. The Kier molecular flexibility index (Phi) is 3.43. The molecule has 2 N–H and O–H groups in total. The molecule has 135 valence electrons. The Hall–Kier alpha value is -2.44. The van der Waals surface area contributed by atoms with Gasteiger partial charge in [0.2, 0.25) is 0 Å². The number of amides is 2. The lowest BCUT2D eigenvalue weighted by Gasteiger charge is -2.57. The number of carbonyl (C=O) groups excluding carboxylic acids is 2. The highest BCUT2D eigenvalue weighted by molar-refractivity contribution is 6.45. The van der Waals surface area contributed by atoms with Crippen LogP contribution in [0.5, 0.6) is 0 Å². The molecule has 6 heteroatoms. The van der Waals surface area contributed by atoms with Crippen molar-refractivity contribution in [3.63, 3.8) is 0 Å². The van der Waals surface area contributed by atoms with E-state index in [2.05, 4.69) is 0 Å². The number of carbonyl (C=O) groups is 2. The first-order valence-electron chi connectivity index (χ1n) is 9.27. The zero-order valence-electron chi connectivity index (χ0n) is 14.8. The minimum Gasteiger partial charge on any atom is -0.450 e. The molecule has 3 aliphatic rings. The number of hydrogen-bond donors (Lipinski definition) is 2. The van der Waals surface area contributed by atoms with Crippen LogP contribution in [0.3, 0.4) is 0 Å². The lowest BCUT2D eigenvalue weighted by atomic mass is 9.58. The molecule has 2 aliphatic carbocycles. The number of fused-ring (bicyclic) bond motifs is 1. The van der Waals surface area contributed by atoms with E-state index in [0.717, 1.165) is 25.9 Å². The topological polar surface area (TPSA) is 77.8 Å². The van der Waals surface area contributed by atoms with Crippen molar-refractivity contribution in [2.45, 2.75) is 36.8 Å². The molecule has 2 fully saturated rings. The molecule has 1 radical (unpaired) electrons. The Balaban J connectivity index is 1.59. The summed E-state index contributed by atoms with van der Waals surface area (Å²) in [5.74, 6) is -0.344. The van der Waals surface area contributed by atoms with Crippen LogP contribution in [-0.4, -0.2) is 39.9 Å². The predicted molar refractivity (Wildman–Crippen MR) is 99.6 cm³/mol. The van der Waals surface area contributed by atoms with E-state index in [4.69, 9.17) is 0 Å². The van der Waals surface area contributed by atoms with Gasteiger partial charge in [-0.2, -0.15) is 0 Å². The van der Waals surface area contributed by atoms with Crippen LogP contribution in [0.15, 0.2) is 48.5 Å². The number of hydrogen-bond acceptors (Lipinski definition) is 4. The highest BCUT2D eigenvalue weighted by Gasteiger charge is 2.66. The smallest absolute Gasteiger partial charge is 0.326 e. The highest BCUT2D eigenvalue weighted by Crippen LogP contribution is 2.61. The van der Waals surface area contributed by atoms with Gasteiger partial charge in [-0.15, -0.1) is 0 Å². The summed E-state index contributed by atoms with van der Waals surface area (Å²) in [5.41, 5.74) is 0.629. The van der Waals surface area contributed by atoms with Crippen LogP contribution in [0, 0.1) is 5.92 Å². The van der Waals surface area contributed by atoms with Gasteiger partial charge in [0.05, 0.1) is 22.3 Å². The lowest BCUT2D eigenvalue weighted by molar-refractivity contribution is -0.143. The van der Waals surface area contributed by atoms with E-state index < -0.39 is 11.1 Å². The van der Waals surface area contributed by atoms with Gasteiger partial charge in [0.1, 0.15) is 0 Å². The number of imide groups is 1. The Bertz CT molecular complexity index is 910. The van der Waals surface area contributed by atoms with Crippen LogP contribution in [0.1, 0.15) is 52.0 Å². The Morgan fingerprint density at radius 3 is 1.96 bits per heavy atom. The summed E-state index contributed by atoms with van der Waals surface area (Å²) < 4.78 is 0. The molecule has 1 heterocycles. The van der Waals surface area contributed by atoms with E-state index in [1.54, 1.807) is 36.4 Å². The van der Waals surface area contributed by atoms with Crippen molar-refractivity contribution in [1.29, 1.82) is 0 Å². The van der Waals surface area contributed by atoms with Gasteiger partial charge >= 0.3 is 7.48 Å². The third kappa shape index (κ3) is 2.26. The average molecular weight is 360 g/mol. The molecule has 1 aliphatic heterocycles. The van der Waals surface area contributed by atoms with Gasteiger partial charge in [-0.3, -0.25) is 14.5 Å². The summed E-state index contributed by atoms with van der Waals surface area (Å²) in [6.45, 7) is 0. The van der Waals surface area contributed by atoms with Crippen LogP contribution in [0.25, 0.3) is 0 Å². The SMILES string of the molecule is O=C1c2ccccc2C(=O)N1C1(c2ccc([B]O)cc2)CC(O)(C2CC2)C1. The van der Waals surface area contributed by atoms with Crippen LogP contribution >= 0.6 is 0 Å². The van der Waals surface area contributed by atoms with Gasteiger partial charge in [0.15, 0.2) is 0 Å².